The quantitative estimate of drug-likeness (QED) is 0.829. The van der Waals surface area contributed by atoms with Crippen LogP contribution in [0.15, 0.2) is 34.9 Å². The van der Waals surface area contributed by atoms with Crippen LogP contribution in [0.25, 0.3) is 0 Å². The average Bonchev–Trinajstić information content (AvgIpc) is 2.99. The Morgan fingerprint density at radius 2 is 1.96 bits per heavy atom. The maximum Gasteiger partial charge on any atom is 0.260 e. The van der Waals surface area contributed by atoms with Gasteiger partial charge in [-0.15, -0.1) is 0 Å². The lowest BCUT2D eigenvalue weighted by Gasteiger charge is -2.34. The Hall–Kier alpha value is -2.05. The Kier molecular flexibility index (Phi) is 5.37. The van der Waals surface area contributed by atoms with Gasteiger partial charge in [-0.3, -0.25) is 9.69 Å². The van der Waals surface area contributed by atoms with E-state index in [2.05, 4.69) is 10.1 Å². The fraction of sp³-hybridized carbons (Fsp3) is 0.412. The lowest BCUT2D eigenvalue weighted by atomic mass is 10.2. The van der Waals surface area contributed by atoms with Crippen molar-refractivity contribution in [2.45, 2.75) is 13.5 Å². The number of hydrogen-bond acceptors (Lipinski definition) is 5. The lowest BCUT2D eigenvalue weighted by Crippen LogP contribution is -2.49. The Labute approximate surface area is 145 Å². The van der Waals surface area contributed by atoms with Crippen molar-refractivity contribution < 1.29 is 14.1 Å². The number of piperazine rings is 1. The van der Waals surface area contributed by atoms with Gasteiger partial charge in [0.15, 0.2) is 6.61 Å². The molecule has 1 saturated heterocycles. The molecule has 6 nitrogen and oxygen atoms in total. The van der Waals surface area contributed by atoms with E-state index in [0.717, 1.165) is 31.1 Å². The van der Waals surface area contributed by atoms with Crippen LogP contribution in [0, 0.1) is 6.92 Å². The van der Waals surface area contributed by atoms with Crippen LogP contribution in [0.1, 0.15) is 11.5 Å². The molecule has 128 valence electrons. The smallest absolute Gasteiger partial charge is 0.260 e. The molecule has 24 heavy (non-hydrogen) atoms. The maximum absolute atomic E-state index is 12.2. The van der Waals surface area contributed by atoms with Crippen molar-refractivity contribution in [1.82, 2.24) is 15.0 Å². The summed E-state index contributed by atoms with van der Waals surface area (Å²) < 4.78 is 10.6. The van der Waals surface area contributed by atoms with Gasteiger partial charge < -0.3 is 14.2 Å². The van der Waals surface area contributed by atoms with Crippen LogP contribution in [0.4, 0.5) is 0 Å². The highest BCUT2D eigenvalue weighted by Crippen LogP contribution is 2.16. The second-order valence-electron chi connectivity index (χ2n) is 5.83. The van der Waals surface area contributed by atoms with E-state index in [4.69, 9.17) is 20.9 Å². The van der Waals surface area contributed by atoms with Gasteiger partial charge >= 0.3 is 0 Å². The molecule has 0 aliphatic carbocycles. The summed E-state index contributed by atoms with van der Waals surface area (Å²) in [7, 11) is 0. The number of amides is 1. The number of nitrogens with zero attached hydrogens (tertiary/aromatic N) is 3. The summed E-state index contributed by atoms with van der Waals surface area (Å²) in [5.41, 5.74) is 0.929. The van der Waals surface area contributed by atoms with E-state index >= 15 is 0 Å². The molecule has 1 aromatic carbocycles. The van der Waals surface area contributed by atoms with Gasteiger partial charge in [-0.1, -0.05) is 16.8 Å². The number of rotatable bonds is 5. The van der Waals surface area contributed by atoms with Gasteiger partial charge in [0.2, 0.25) is 0 Å². The maximum atomic E-state index is 12.2. The van der Waals surface area contributed by atoms with Crippen LogP contribution < -0.4 is 4.74 Å². The Morgan fingerprint density at radius 3 is 2.58 bits per heavy atom. The molecule has 0 bridgehead atoms. The van der Waals surface area contributed by atoms with Crippen molar-refractivity contribution in [2.75, 3.05) is 32.8 Å². The van der Waals surface area contributed by atoms with Gasteiger partial charge in [0, 0.05) is 43.8 Å². The standard InChI is InChI=1S/C17H20ClN3O3/c1-13-10-15(19-24-13)11-20-6-8-21(9-7-20)17(22)12-23-16-4-2-14(18)3-5-16/h2-5,10H,6-9,11-12H2,1H3. The van der Waals surface area contributed by atoms with E-state index in [0.29, 0.717) is 23.9 Å². The monoisotopic (exact) mass is 349 g/mol. The van der Waals surface area contributed by atoms with Crippen LogP contribution in [0.2, 0.25) is 5.02 Å². The van der Waals surface area contributed by atoms with Gasteiger partial charge in [0.25, 0.3) is 5.91 Å². The second kappa shape index (κ2) is 7.68. The van der Waals surface area contributed by atoms with Crippen molar-refractivity contribution in [2.24, 2.45) is 0 Å². The third-order valence-corrected chi connectivity index (χ3v) is 4.22. The third-order valence-electron chi connectivity index (χ3n) is 3.96. The number of aromatic nitrogens is 1. The van der Waals surface area contributed by atoms with Crippen LogP contribution in [0.5, 0.6) is 5.75 Å². The highest BCUT2D eigenvalue weighted by Gasteiger charge is 2.22. The first kappa shape index (κ1) is 16.8. The summed E-state index contributed by atoms with van der Waals surface area (Å²) in [5.74, 6) is 1.47. The lowest BCUT2D eigenvalue weighted by molar-refractivity contribution is -0.135. The van der Waals surface area contributed by atoms with Crippen molar-refractivity contribution in [3.05, 3.63) is 46.8 Å². The molecule has 0 radical (unpaired) electrons. The fourth-order valence-electron chi connectivity index (χ4n) is 2.64. The first-order valence-electron chi connectivity index (χ1n) is 7.91. The Balaban J connectivity index is 1.42. The van der Waals surface area contributed by atoms with Gasteiger partial charge in [-0.2, -0.15) is 0 Å². The molecule has 2 aromatic rings. The molecule has 0 spiro atoms. The molecule has 0 N–H and O–H groups in total. The highest BCUT2D eigenvalue weighted by atomic mass is 35.5. The molecular weight excluding hydrogens is 330 g/mol. The normalized spacial score (nSPS) is 15.5. The van der Waals surface area contributed by atoms with Gasteiger partial charge in [-0.05, 0) is 31.2 Å². The Bertz CT molecular complexity index is 679. The zero-order chi connectivity index (χ0) is 16.9. The number of benzene rings is 1. The molecule has 0 unspecified atom stereocenters. The van der Waals surface area contributed by atoms with Gasteiger partial charge in [0.05, 0.1) is 5.69 Å². The Morgan fingerprint density at radius 1 is 1.25 bits per heavy atom. The summed E-state index contributed by atoms with van der Waals surface area (Å²) in [6.07, 6.45) is 0. The van der Waals surface area contributed by atoms with Crippen molar-refractivity contribution in [1.29, 1.82) is 0 Å². The predicted molar refractivity (Wildman–Crippen MR) is 90.0 cm³/mol. The molecule has 0 saturated carbocycles. The first-order valence-corrected chi connectivity index (χ1v) is 8.28. The molecule has 1 aliphatic rings. The fourth-order valence-corrected chi connectivity index (χ4v) is 2.77. The van der Waals surface area contributed by atoms with Crippen LogP contribution in [0.3, 0.4) is 0 Å². The molecule has 7 heteroatoms. The summed E-state index contributed by atoms with van der Waals surface area (Å²) in [6.45, 7) is 5.70. The number of hydrogen-bond donors (Lipinski definition) is 0. The van der Waals surface area contributed by atoms with Crippen LogP contribution in [-0.4, -0.2) is 53.6 Å². The number of halogens is 1. The van der Waals surface area contributed by atoms with Crippen molar-refractivity contribution >= 4 is 17.5 Å². The minimum absolute atomic E-state index is 0.00174. The first-order chi connectivity index (χ1) is 11.6. The number of carbonyl (C=O) groups is 1. The molecule has 1 aromatic heterocycles. The molecule has 3 rings (SSSR count). The van der Waals surface area contributed by atoms with E-state index < -0.39 is 0 Å². The van der Waals surface area contributed by atoms with E-state index in [1.54, 1.807) is 24.3 Å². The summed E-state index contributed by atoms with van der Waals surface area (Å²) >= 11 is 5.82. The largest absolute Gasteiger partial charge is 0.484 e. The van der Waals surface area contributed by atoms with E-state index in [9.17, 15) is 4.79 Å². The number of carbonyl (C=O) groups excluding carboxylic acids is 1. The molecule has 0 atom stereocenters. The SMILES string of the molecule is Cc1cc(CN2CCN(C(=O)COc3ccc(Cl)cc3)CC2)no1. The van der Waals surface area contributed by atoms with E-state index in [1.807, 2.05) is 17.9 Å². The molecule has 1 aliphatic heterocycles. The van der Waals surface area contributed by atoms with Crippen LogP contribution >= 0.6 is 11.6 Å². The van der Waals surface area contributed by atoms with Crippen LogP contribution in [-0.2, 0) is 11.3 Å². The highest BCUT2D eigenvalue weighted by molar-refractivity contribution is 6.30. The third kappa shape index (κ3) is 4.49. The zero-order valence-corrected chi connectivity index (χ0v) is 14.3. The van der Waals surface area contributed by atoms with E-state index in [1.165, 1.54) is 0 Å². The number of ether oxygens (including phenoxy) is 1. The van der Waals surface area contributed by atoms with Gasteiger partial charge in [0.1, 0.15) is 11.5 Å². The zero-order valence-electron chi connectivity index (χ0n) is 13.6. The second-order valence-corrected chi connectivity index (χ2v) is 6.26. The topological polar surface area (TPSA) is 58.8 Å². The summed E-state index contributed by atoms with van der Waals surface area (Å²) in [4.78, 5) is 16.3. The summed E-state index contributed by atoms with van der Waals surface area (Å²) in [5, 5.41) is 4.65. The number of aryl methyl sites for hydroxylation is 1. The van der Waals surface area contributed by atoms with Crippen molar-refractivity contribution in [3.63, 3.8) is 0 Å². The molecule has 2 heterocycles. The van der Waals surface area contributed by atoms with Crippen molar-refractivity contribution in [3.8, 4) is 5.75 Å². The van der Waals surface area contributed by atoms with E-state index in [-0.39, 0.29) is 12.5 Å². The minimum Gasteiger partial charge on any atom is -0.484 e. The molecule has 1 fully saturated rings. The molecule has 1 amide bonds. The van der Waals surface area contributed by atoms with Gasteiger partial charge in [-0.25, -0.2) is 0 Å². The summed E-state index contributed by atoms with van der Waals surface area (Å²) in [6, 6.07) is 8.94. The predicted octanol–water partition coefficient (Wildman–Crippen LogP) is 2.36. The average molecular weight is 350 g/mol. The minimum atomic E-state index is 0.00174. The molecular formula is C17H20ClN3O3.